The maximum Gasteiger partial charge on any atom is 0.138 e. The molecule has 0 amide bonds. The van der Waals surface area contributed by atoms with Crippen LogP contribution < -0.4 is 5.32 Å². The van der Waals surface area contributed by atoms with Gasteiger partial charge in [-0.15, -0.1) is 0 Å². The van der Waals surface area contributed by atoms with Gasteiger partial charge >= 0.3 is 0 Å². The lowest BCUT2D eigenvalue weighted by atomic mass is 10.1. The van der Waals surface area contributed by atoms with Gasteiger partial charge in [-0.3, -0.25) is 0 Å². The molecule has 1 aromatic heterocycles. The van der Waals surface area contributed by atoms with Gasteiger partial charge in [-0.25, -0.2) is 0 Å². The van der Waals surface area contributed by atoms with Crippen LogP contribution in [0.2, 0.25) is 0 Å². The molecule has 2 aromatic rings. The molecule has 0 aliphatic rings. The fraction of sp³-hybridized carbons (Fsp3) is 0.400. The molecule has 3 heteroatoms. The summed E-state index contributed by atoms with van der Waals surface area (Å²) in [6.45, 7) is 8.99. The molecule has 0 fully saturated rings. The Morgan fingerprint density at radius 2 is 1.83 bits per heavy atom. The van der Waals surface area contributed by atoms with Crippen molar-refractivity contribution in [2.45, 2.75) is 40.3 Å². The summed E-state index contributed by atoms with van der Waals surface area (Å²) in [5.74, 6) is 0.899. The van der Waals surface area contributed by atoms with Crippen molar-refractivity contribution >= 4 is 0 Å². The average Bonchev–Trinajstić information content (AvgIpc) is 2.67. The van der Waals surface area contributed by atoms with Crippen LogP contribution in [0.4, 0.5) is 0 Å². The molecule has 96 valence electrons. The van der Waals surface area contributed by atoms with E-state index in [2.05, 4.69) is 48.6 Å². The predicted octanol–water partition coefficient (Wildman–Crippen LogP) is 3.45. The smallest absolute Gasteiger partial charge is 0.138 e. The second kappa shape index (κ2) is 5.36. The Balaban J connectivity index is 2.00. The van der Waals surface area contributed by atoms with Crippen molar-refractivity contribution in [2.75, 3.05) is 0 Å². The van der Waals surface area contributed by atoms with E-state index in [9.17, 15) is 0 Å². The lowest BCUT2D eigenvalue weighted by molar-refractivity contribution is 0.391. The van der Waals surface area contributed by atoms with Crippen molar-refractivity contribution in [3.05, 3.63) is 52.4 Å². The summed E-state index contributed by atoms with van der Waals surface area (Å²) < 4.78 is 5.16. The minimum Gasteiger partial charge on any atom is -0.361 e. The first-order chi connectivity index (χ1) is 8.58. The zero-order chi connectivity index (χ0) is 13.1. The summed E-state index contributed by atoms with van der Waals surface area (Å²) in [5.41, 5.74) is 4.72. The maximum atomic E-state index is 5.16. The summed E-state index contributed by atoms with van der Waals surface area (Å²) in [5, 5.41) is 7.47. The third-order valence-corrected chi connectivity index (χ3v) is 3.34. The Morgan fingerprint density at radius 3 is 2.39 bits per heavy atom. The van der Waals surface area contributed by atoms with Crippen molar-refractivity contribution in [3.8, 4) is 0 Å². The van der Waals surface area contributed by atoms with Crippen LogP contribution in [0.5, 0.6) is 0 Å². The molecule has 0 bridgehead atoms. The molecule has 3 nitrogen and oxygen atoms in total. The van der Waals surface area contributed by atoms with Crippen molar-refractivity contribution in [1.29, 1.82) is 0 Å². The van der Waals surface area contributed by atoms with Crippen LogP contribution in [-0.4, -0.2) is 5.16 Å². The largest absolute Gasteiger partial charge is 0.361 e. The van der Waals surface area contributed by atoms with Gasteiger partial charge in [-0.05, 0) is 33.3 Å². The summed E-state index contributed by atoms with van der Waals surface area (Å²) in [7, 11) is 0. The Morgan fingerprint density at radius 1 is 1.17 bits per heavy atom. The van der Waals surface area contributed by atoms with E-state index in [0.717, 1.165) is 23.6 Å². The lowest BCUT2D eigenvalue weighted by Crippen LogP contribution is -2.18. The highest BCUT2D eigenvalue weighted by molar-refractivity contribution is 5.25. The predicted molar refractivity (Wildman–Crippen MR) is 72.4 cm³/mol. The first-order valence-corrected chi connectivity index (χ1v) is 6.29. The van der Waals surface area contributed by atoms with Gasteiger partial charge < -0.3 is 9.84 Å². The molecule has 0 spiro atoms. The number of aryl methyl sites for hydroxylation is 3. The second-order valence-electron chi connectivity index (χ2n) is 4.82. The minimum absolute atomic E-state index is 0.319. The molecule has 0 saturated carbocycles. The summed E-state index contributed by atoms with van der Waals surface area (Å²) in [6, 6.07) is 8.94. The molecule has 0 radical (unpaired) electrons. The molecular weight excluding hydrogens is 224 g/mol. The van der Waals surface area contributed by atoms with E-state index in [-0.39, 0.29) is 0 Å². The number of aromatic nitrogens is 1. The molecule has 1 N–H and O–H groups in total. The van der Waals surface area contributed by atoms with Gasteiger partial charge in [-0.1, -0.05) is 35.0 Å². The molecule has 1 aromatic carbocycles. The summed E-state index contributed by atoms with van der Waals surface area (Å²) in [6.07, 6.45) is 0. The van der Waals surface area contributed by atoms with E-state index in [4.69, 9.17) is 4.52 Å². The number of nitrogens with one attached hydrogen (secondary N) is 1. The van der Waals surface area contributed by atoms with Crippen molar-refractivity contribution in [2.24, 2.45) is 0 Å². The number of nitrogens with zero attached hydrogens (tertiary/aromatic N) is 1. The van der Waals surface area contributed by atoms with Crippen molar-refractivity contribution in [3.63, 3.8) is 0 Å². The van der Waals surface area contributed by atoms with Gasteiger partial charge in [0.05, 0.1) is 5.69 Å². The van der Waals surface area contributed by atoms with E-state index in [1.807, 2.05) is 13.8 Å². The fourth-order valence-electron chi connectivity index (χ4n) is 1.98. The topological polar surface area (TPSA) is 38.1 Å². The molecule has 0 aliphatic carbocycles. The Kier molecular flexibility index (Phi) is 3.82. The maximum absolute atomic E-state index is 5.16. The quantitative estimate of drug-likeness (QED) is 0.895. The van der Waals surface area contributed by atoms with Crippen LogP contribution in [-0.2, 0) is 6.54 Å². The number of hydrogen-bond donors (Lipinski definition) is 1. The highest BCUT2D eigenvalue weighted by atomic mass is 16.5. The zero-order valence-corrected chi connectivity index (χ0v) is 11.4. The van der Waals surface area contributed by atoms with E-state index < -0.39 is 0 Å². The van der Waals surface area contributed by atoms with E-state index in [0.29, 0.717) is 6.04 Å². The number of rotatable bonds is 4. The zero-order valence-electron chi connectivity index (χ0n) is 11.4. The van der Waals surface area contributed by atoms with Gasteiger partial charge in [0.1, 0.15) is 5.76 Å². The molecule has 1 atom stereocenters. The van der Waals surface area contributed by atoms with Gasteiger partial charge in [-0.2, -0.15) is 0 Å². The molecule has 0 aliphatic heterocycles. The van der Waals surface area contributed by atoms with Gasteiger partial charge in [0.15, 0.2) is 0 Å². The Hall–Kier alpha value is -1.61. The van der Waals surface area contributed by atoms with Crippen molar-refractivity contribution in [1.82, 2.24) is 10.5 Å². The first-order valence-electron chi connectivity index (χ1n) is 6.29. The van der Waals surface area contributed by atoms with Gasteiger partial charge in [0.2, 0.25) is 0 Å². The minimum atomic E-state index is 0.319. The third kappa shape index (κ3) is 2.79. The van der Waals surface area contributed by atoms with E-state index in [1.54, 1.807) is 0 Å². The summed E-state index contributed by atoms with van der Waals surface area (Å²) >= 11 is 0. The Bertz CT molecular complexity index is 494. The monoisotopic (exact) mass is 244 g/mol. The van der Waals surface area contributed by atoms with Gasteiger partial charge in [0, 0.05) is 18.2 Å². The molecule has 2 rings (SSSR count). The Labute approximate surface area is 108 Å². The summed E-state index contributed by atoms with van der Waals surface area (Å²) in [4.78, 5) is 0. The molecule has 18 heavy (non-hydrogen) atoms. The molecule has 1 heterocycles. The average molecular weight is 244 g/mol. The van der Waals surface area contributed by atoms with Crippen LogP contribution in [0, 0.1) is 20.8 Å². The van der Waals surface area contributed by atoms with Crippen LogP contribution in [0.3, 0.4) is 0 Å². The highest BCUT2D eigenvalue weighted by Gasteiger charge is 2.10. The second-order valence-corrected chi connectivity index (χ2v) is 4.82. The molecular formula is C15H20N2O. The lowest BCUT2D eigenvalue weighted by Gasteiger charge is -2.14. The number of benzene rings is 1. The highest BCUT2D eigenvalue weighted by Crippen LogP contribution is 2.16. The SMILES string of the molecule is Cc1ccc([C@H](C)NCc2c(C)noc2C)cc1. The van der Waals surface area contributed by atoms with Crippen LogP contribution in [0.1, 0.15) is 41.1 Å². The van der Waals surface area contributed by atoms with Gasteiger partial charge in [0.25, 0.3) is 0 Å². The van der Waals surface area contributed by atoms with Crippen LogP contribution in [0.15, 0.2) is 28.8 Å². The fourth-order valence-corrected chi connectivity index (χ4v) is 1.98. The van der Waals surface area contributed by atoms with E-state index in [1.165, 1.54) is 11.1 Å². The third-order valence-electron chi connectivity index (χ3n) is 3.34. The molecule has 0 saturated heterocycles. The number of hydrogen-bond acceptors (Lipinski definition) is 3. The van der Waals surface area contributed by atoms with Crippen molar-refractivity contribution < 1.29 is 4.52 Å². The van der Waals surface area contributed by atoms with Crippen LogP contribution >= 0.6 is 0 Å². The standard InChI is InChI=1S/C15H20N2O/c1-10-5-7-14(8-6-10)11(2)16-9-15-12(3)17-18-13(15)4/h5-8,11,16H,9H2,1-4H3/t11-/m0/s1. The van der Waals surface area contributed by atoms with E-state index >= 15 is 0 Å². The normalized spacial score (nSPS) is 12.7. The van der Waals surface area contributed by atoms with Crippen LogP contribution in [0.25, 0.3) is 0 Å². The molecule has 0 unspecified atom stereocenters. The first kappa shape index (κ1) is 12.8.